The SMILES string of the molecule is CC(C)N1CCCCC1.CC(C)[n+]1ccccc1. The van der Waals surface area contributed by atoms with Gasteiger partial charge in [-0.2, -0.15) is 0 Å². The van der Waals surface area contributed by atoms with Crippen molar-refractivity contribution < 1.29 is 4.57 Å². The molecule has 0 aromatic carbocycles. The molecule has 1 fully saturated rings. The number of rotatable bonds is 2. The number of hydrogen-bond donors (Lipinski definition) is 0. The van der Waals surface area contributed by atoms with Gasteiger partial charge in [0.2, 0.25) is 0 Å². The molecule has 0 spiro atoms. The third kappa shape index (κ3) is 5.63. The molecule has 0 bridgehead atoms. The van der Waals surface area contributed by atoms with Crippen LogP contribution in [0.25, 0.3) is 0 Å². The average Bonchev–Trinajstić information content (AvgIpc) is 2.41. The minimum atomic E-state index is 0.575. The van der Waals surface area contributed by atoms with Crippen LogP contribution in [0.3, 0.4) is 0 Å². The van der Waals surface area contributed by atoms with Gasteiger partial charge in [0, 0.05) is 18.2 Å². The molecular weight excluding hydrogens is 220 g/mol. The molecule has 1 aliphatic heterocycles. The van der Waals surface area contributed by atoms with Crippen molar-refractivity contribution in [3.8, 4) is 0 Å². The van der Waals surface area contributed by atoms with Gasteiger partial charge in [-0.05, 0) is 53.6 Å². The van der Waals surface area contributed by atoms with Gasteiger partial charge in [-0.1, -0.05) is 12.5 Å². The third-order valence-electron chi connectivity index (χ3n) is 3.46. The zero-order valence-corrected chi connectivity index (χ0v) is 12.5. The van der Waals surface area contributed by atoms with E-state index in [2.05, 4.69) is 49.6 Å². The minimum Gasteiger partial charge on any atom is -0.301 e. The molecule has 2 heteroatoms. The molecule has 0 N–H and O–H groups in total. The molecular formula is C16H29N2+. The Hall–Kier alpha value is -0.890. The molecule has 1 saturated heterocycles. The maximum Gasteiger partial charge on any atom is 0.169 e. The lowest BCUT2D eigenvalue weighted by atomic mass is 10.1. The summed E-state index contributed by atoms with van der Waals surface area (Å²) in [6.07, 6.45) is 8.43. The van der Waals surface area contributed by atoms with Crippen LogP contribution in [0.15, 0.2) is 30.6 Å². The van der Waals surface area contributed by atoms with E-state index in [1.807, 2.05) is 18.2 Å². The Kier molecular flexibility index (Phi) is 6.96. The number of nitrogens with zero attached hydrogens (tertiary/aromatic N) is 2. The lowest BCUT2D eigenvalue weighted by Crippen LogP contribution is -2.35. The number of piperidine rings is 1. The van der Waals surface area contributed by atoms with Crippen molar-refractivity contribution in [2.24, 2.45) is 0 Å². The highest BCUT2D eigenvalue weighted by Crippen LogP contribution is 2.10. The molecule has 0 unspecified atom stereocenters. The van der Waals surface area contributed by atoms with Crippen LogP contribution in [0.4, 0.5) is 0 Å². The smallest absolute Gasteiger partial charge is 0.169 e. The minimum absolute atomic E-state index is 0.575. The number of pyridine rings is 1. The maximum atomic E-state index is 2.56. The summed E-state index contributed by atoms with van der Waals surface area (Å²) < 4.78 is 2.17. The van der Waals surface area contributed by atoms with Gasteiger partial charge < -0.3 is 4.90 Å². The van der Waals surface area contributed by atoms with E-state index in [-0.39, 0.29) is 0 Å². The largest absolute Gasteiger partial charge is 0.301 e. The highest BCUT2D eigenvalue weighted by atomic mass is 15.1. The van der Waals surface area contributed by atoms with Crippen molar-refractivity contribution in [1.82, 2.24) is 4.90 Å². The fourth-order valence-corrected chi connectivity index (χ4v) is 2.19. The van der Waals surface area contributed by atoms with Crippen LogP contribution in [0.1, 0.15) is 53.0 Å². The molecule has 2 nitrogen and oxygen atoms in total. The summed E-state index contributed by atoms with van der Waals surface area (Å²) in [5.41, 5.74) is 0. The zero-order valence-electron chi connectivity index (χ0n) is 12.5. The van der Waals surface area contributed by atoms with E-state index < -0.39 is 0 Å². The third-order valence-corrected chi connectivity index (χ3v) is 3.46. The Morgan fingerprint density at radius 2 is 1.39 bits per heavy atom. The van der Waals surface area contributed by atoms with Crippen molar-refractivity contribution in [2.45, 2.75) is 59.0 Å². The highest BCUT2D eigenvalue weighted by Gasteiger charge is 2.11. The molecule has 18 heavy (non-hydrogen) atoms. The quantitative estimate of drug-likeness (QED) is 0.728. The number of likely N-dealkylation sites (tertiary alicyclic amines) is 1. The second-order valence-electron chi connectivity index (χ2n) is 5.61. The molecule has 1 aromatic rings. The van der Waals surface area contributed by atoms with Crippen molar-refractivity contribution in [2.75, 3.05) is 13.1 Å². The second-order valence-corrected chi connectivity index (χ2v) is 5.61. The Balaban J connectivity index is 0.000000180. The van der Waals surface area contributed by atoms with Gasteiger partial charge in [0.05, 0.1) is 0 Å². The molecule has 1 aliphatic rings. The van der Waals surface area contributed by atoms with Crippen LogP contribution in [0, 0.1) is 0 Å². The van der Waals surface area contributed by atoms with Crippen LogP contribution in [0.5, 0.6) is 0 Å². The van der Waals surface area contributed by atoms with E-state index in [4.69, 9.17) is 0 Å². The van der Waals surface area contributed by atoms with Crippen LogP contribution in [-0.4, -0.2) is 24.0 Å². The molecule has 2 heterocycles. The van der Waals surface area contributed by atoms with E-state index in [9.17, 15) is 0 Å². The first kappa shape index (κ1) is 15.2. The van der Waals surface area contributed by atoms with Gasteiger partial charge in [0.25, 0.3) is 0 Å². The summed E-state index contributed by atoms with van der Waals surface area (Å²) in [7, 11) is 0. The fraction of sp³-hybridized carbons (Fsp3) is 0.688. The van der Waals surface area contributed by atoms with Gasteiger partial charge in [0.1, 0.15) is 0 Å². The lowest BCUT2D eigenvalue weighted by molar-refractivity contribution is -0.716. The van der Waals surface area contributed by atoms with E-state index in [1.165, 1.54) is 32.4 Å². The normalized spacial score (nSPS) is 16.6. The van der Waals surface area contributed by atoms with Crippen LogP contribution in [-0.2, 0) is 0 Å². The first-order chi connectivity index (χ1) is 8.61. The molecule has 2 rings (SSSR count). The monoisotopic (exact) mass is 249 g/mol. The first-order valence-electron chi connectivity index (χ1n) is 7.31. The fourth-order valence-electron chi connectivity index (χ4n) is 2.19. The molecule has 102 valence electrons. The molecule has 0 radical (unpaired) electrons. The molecule has 1 aromatic heterocycles. The van der Waals surface area contributed by atoms with Crippen molar-refractivity contribution in [3.63, 3.8) is 0 Å². The van der Waals surface area contributed by atoms with Crippen molar-refractivity contribution in [3.05, 3.63) is 30.6 Å². The van der Waals surface area contributed by atoms with Crippen LogP contribution >= 0.6 is 0 Å². The van der Waals surface area contributed by atoms with Gasteiger partial charge in [-0.15, -0.1) is 0 Å². The summed E-state index contributed by atoms with van der Waals surface area (Å²) in [5, 5.41) is 0. The standard InChI is InChI=1S/C8H17N.C8H12N/c2*1-8(2)9-6-4-3-5-7-9/h8H,3-7H2,1-2H3;3-8H,1-2H3/q;+1. The Labute approximate surface area is 113 Å². The molecule has 0 atom stereocenters. The topological polar surface area (TPSA) is 7.12 Å². The average molecular weight is 249 g/mol. The first-order valence-corrected chi connectivity index (χ1v) is 7.31. The summed E-state index contributed by atoms with van der Waals surface area (Å²) >= 11 is 0. The maximum absolute atomic E-state index is 2.56. The Bertz CT molecular complexity index is 300. The second kappa shape index (κ2) is 8.25. The zero-order chi connectivity index (χ0) is 13.4. The predicted octanol–water partition coefficient (Wildman–Crippen LogP) is 3.44. The molecule has 0 amide bonds. The van der Waals surface area contributed by atoms with E-state index in [1.54, 1.807) is 0 Å². The van der Waals surface area contributed by atoms with Gasteiger partial charge in [0.15, 0.2) is 18.4 Å². The van der Waals surface area contributed by atoms with E-state index in [0.717, 1.165) is 6.04 Å². The summed E-state index contributed by atoms with van der Waals surface area (Å²) in [6.45, 7) is 11.6. The Morgan fingerprint density at radius 3 is 1.72 bits per heavy atom. The predicted molar refractivity (Wildman–Crippen MR) is 77.6 cm³/mol. The highest BCUT2D eigenvalue weighted by molar-refractivity contribution is 4.83. The van der Waals surface area contributed by atoms with Crippen molar-refractivity contribution in [1.29, 1.82) is 0 Å². The number of aromatic nitrogens is 1. The van der Waals surface area contributed by atoms with Crippen LogP contribution in [0.2, 0.25) is 0 Å². The van der Waals surface area contributed by atoms with Crippen molar-refractivity contribution >= 4 is 0 Å². The van der Waals surface area contributed by atoms with Gasteiger partial charge >= 0.3 is 0 Å². The summed E-state index contributed by atoms with van der Waals surface area (Å²) in [5.74, 6) is 0. The summed E-state index contributed by atoms with van der Waals surface area (Å²) in [4.78, 5) is 2.56. The van der Waals surface area contributed by atoms with E-state index in [0.29, 0.717) is 6.04 Å². The van der Waals surface area contributed by atoms with Gasteiger partial charge in [-0.25, -0.2) is 4.57 Å². The number of hydrogen-bond acceptors (Lipinski definition) is 1. The van der Waals surface area contributed by atoms with E-state index >= 15 is 0 Å². The summed E-state index contributed by atoms with van der Waals surface area (Å²) in [6, 6.07) is 7.45. The molecule has 0 aliphatic carbocycles. The lowest BCUT2D eigenvalue weighted by Gasteiger charge is -2.29. The van der Waals surface area contributed by atoms with Gasteiger partial charge in [-0.3, -0.25) is 0 Å². The Morgan fingerprint density at radius 1 is 0.833 bits per heavy atom. The molecule has 0 saturated carbocycles. The van der Waals surface area contributed by atoms with Crippen LogP contribution < -0.4 is 4.57 Å².